The van der Waals surface area contributed by atoms with E-state index in [1.807, 2.05) is 0 Å². The second kappa shape index (κ2) is 7.13. The van der Waals surface area contributed by atoms with Crippen LogP contribution in [0.15, 0.2) is 18.2 Å². The molecule has 1 aromatic carbocycles. The number of amides is 1. The molecule has 0 fully saturated rings. The second-order valence-corrected chi connectivity index (χ2v) is 5.93. The van der Waals surface area contributed by atoms with Crippen LogP contribution in [0.25, 0.3) is 0 Å². The van der Waals surface area contributed by atoms with E-state index < -0.39 is 23.6 Å². The first-order chi connectivity index (χ1) is 10.1. The first kappa shape index (κ1) is 17.8. The summed E-state index contributed by atoms with van der Waals surface area (Å²) in [5.74, 6) is -1.54. The lowest BCUT2D eigenvalue weighted by molar-refractivity contribution is -0.137. The number of benzene rings is 1. The molecule has 1 rings (SSSR count). The number of aromatic hydroxyl groups is 1. The molecule has 0 aromatic heterocycles. The SMILES string of the molecule is CC(C)(C)OC(=O)Nc1ccc(C(CN)CC(=O)O)cc1O. The largest absolute Gasteiger partial charge is 0.506 e. The van der Waals surface area contributed by atoms with Gasteiger partial charge in [-0.1, -0.05) is 6.07 Å². The van der Waals surface area contributed by atoms with Gasteiger partial charge in [-0.2, -0.15) is 0 Å². The van der Waals surface area contributed by atoms with Crippen molar-refractivity contribution in [3.05, 3.63) is 23.8 Å². The number of carboxylic acids is 1. The molecule has 0 bridgehead atoms. The highest BCUT2D eigenvalue weighted by Crippen LogP contribution is 2.29. The van der Waals surface area contributed by atoms with Gasteiger partial charge in [0.15, 0.2) is 0 Å². The Balaban J connectivity index is 2.85. The summed E-state index contributed by atoms with van der Waals surface area (Å²) < 4.78 is 5.09. The smallest absolute Gasteiger partial charge is 0.412 e. The van der Waals surface area contributed by atoms with E-state index in [1.165, 1.54) is 12.1 Å². The van der Waals surface area contributed by atoms with E-state index in [9.17, 15) is 14.7 Å². The number of carboxylic acid groups (broad SMARTS) is 1. The van der Waals surface area contributed by atoms with Crippen LogP contribution in [0.5, 0.6) is 5.75 Å². The van der Waals surface area contributed by atoms with Crippen molar-refractivity contribution in [1.82, 2.24) is 0 Å². The lowest BCUT2D eigenvalue weighted by Gasteiger charge is -2.20. The molecular formula is C15H22N2O5. The molecule has 0 saturated heterocycles. The Morgan fingerprint density at radius 2 is 2.00 bits per heavy atom. The molecule has 7 heteroatoms. The molecule has 5 N–H and O–H groups in total. The summed E-state index contributed by atoms with van der Waals surface area (Å²) in [6.45, 7) is 5.33. The first-order valence-corrected chi connectivity index (χ1v) is 6.87. The lowest BCUT2D eigenvalue weighted by Crippen LogP contribution is -2.27. The predicted molar refractivity (Wildman–Crippen MR) is 82.0 cm³/mol. The van der Waals surface area contributed by atoms with E-state index in [-0.39, 0.29) is 24.4 Å². The molecule has 0 aliphatic carbocycles. The van der Waals surface area contributed by atoms with Gasteiger partial charge in [0, 0.05) is 5.92 Å². The molecule has 1 unspecified atom stereocenters. The predicted octanol–water partition coefficient (Wildman–Crippen LogP) is 2.26. The zero-order chi connectivity index (χ0) is 16.9. The number of hydrogen-bond donors (Lipinski definition) is 4. The van der Waals surface area contributed by atoms with Crippen molar-refractivity contribution in [1.29, 1.82) is 0 Å². The highest BCUT2D eigenvalue weighted by Gasteiger charge is 2.19. The van der Waals surface area contributed by atoms with Gasteiger partial charge in [0.25, 0.3) is 0 Å². The van der Waals surface area contributed by atoms with Gasteiger partial charge in [-0.15, -0.1) is 0 Å². The van der Waals surface area contributed by atoms with Gasteiger partial charge in [0.05, 0.1) is 12.1 Å². The minimum Gasteiger partial charge on any atom is -0.506 e. The molecule has 7 nitrogen and oxygen atoms in total. The number of ether oxygens (including phenoxy) is 1. The van der Waals surface area contributed by atoms with Gasteiger partial charge in [-0.25, -0.2) is 4.79 Å². The van der Waals surface area contributed by atoms with Gasteiger partial charge < -0.3 is 20.7 Å². The Labute approximate surface area is 129 Å². The van der Waals surface area contributed by atoms with Crippen molar-refractivity contribution in [2.24, 2.45) is 5.73 Å². The molecule has 0 saturated carbocycles. The maximum Gasteiger partial charge on any atom is 0.412 e. The van der Waals surface area contributed by atoms with Crippen LogP contribution in [-0.2, 0) is 9.53 Å². The van der Waals surface area contributed by atoms with Crippen molar-refractivity contribution in [2.75, 3.05) is 11.9 Å². The van der Waals surface area contributed by atoms with E-state index >= 15 is 0 Å². The molecule has 0 aliphatic heterocycles. The molecule has 0 heterocycles. The van der Waals surface area contributed by atoms with E-state index in [0.717, 1.165) is 0 Å². The molecule has 22 heavy (non-hydrogen) atoms. The topological polar surface area (TPSA) is 122 Å². The maximum atomic E-state index is 11.7. The van der Waals surface area contributed by atoms with Crippen LogP contribution < -0.4 is 11.1 Å². The third-order valence-corrected chi connectivity index (χ3v) is 2.83. The Kier molecular flexibility index (Phi) is 5.76. The van der Waals surface area contributed by atoms with Gasteiger partial charge in [-0.3, -0.25) is 10.1 Å². The molecule has 122 valence electrons. The van der Waals surface area contributed by atoms with Crippen LogP contribution in [0, 0.1) is 0 Å². The Bertz CT molecular complexity index is 551. The Hall–Kier alpha value is -2.28. The quantitative estimate of drug-likeness (QED) is 0.619. The van der Waals surface area contributed by atoms with E-state index in [1.54, 1.807) is 26.8 Å². The molecule has 1 aromatic rings. The summed E-state index contributed by atoms with van der Waals surface area (Å²) in [6.07, 6.45) is -0.814. The third kappa shape index (κ3) is 5.61. The maximum absolute atomic E-state index is 11.7. The number of phenols is 1. The number of rotatable bonds is 5. The summed E-state index contributed by atoms with van der Waals surface area (Å²) in [5, 5.41) is 21.2. The van der Waals surface area contributed by atoms with Gasteiger partial charge >= 0.3 is 12.1 Å². The van der Waals surface area contributed by atoms with Crippen LogP contribution in [0.3, 0.4) is 0 Å². The number of nitrogens with one attached hydrogen (secondary N) is 1. The van der Waals surface area contributed by atoms with Crippen LogP contribution in [-0.4, -0.2) is 34.4 Å². The first-order valence-electron chi connectivity index (χ1n) is 6.87. The van der Waals surface area contributed by atoms with Crippen LogP contribution in [0.4, 0.5) is 10.5 Å². The molecule has 0 radical (unpaired) electrons. The zero-order valence-electron chi connectivity index (χ0n) is 12.9. The number of anilines is 1. The summed E-state index contributed by atoms with van der Waals surface area (Å²) >= 11 is 0. The number of nitrogens with two attached hydrogens (primary N) is 1. The summed E-state index contributed by atoms with van der Waals surface area (Å²) in [7, 11) is 0. The third-order valence-electron chi connectivity index (χ3n) is 2.83. The second-order valence-electron chi connectivity index (χ2n) is 5.93. The highest BCUT2D eigenvalue weighted by molar-refractivity contribution is 5.87. The van der Waals surface area contributed by atoms with Crippen LogP contribution in [0.2, 0.25) is 0 Å². The fraction of sp³-hybridized carbons (Fsp3) is 0.467. The Morgan fingerprint density at radius 3 is 2.45 bits per heavy atom. The number of hydrogen-bond acceptors (Lipinski definition) is 5. The van der Waals surface area contributed by atoms with Gasteiger partial charge in [-0.05, 0) is 45.0 Å². The number of carbonyl (C=O) groups is 2. The lowest BCUT2D eigenvalue weighted by atomic mass is 9.95. The minimum absolute atomic E-state index is 0.130. The monoisotopic (exact) mass is 310 g/mol. The van der Waals surface area contributed by atoms with Crippen molar-refractivity contribution in [2.45, 2.75) is 38.7 Å². The number of phenolic OH excluding ortho intramolecular Hbond substituents is 1. The van der Waals surface area contributed by atoms with Crippen LogP contribution >= 0.6 is 0 Å². The summed E-state index contributed by atoms with van der Waals surface area (Å²) in [5.41, 5.74) is 5.69. The van der Waals surface area contributed by atoms with E-state index in [4.69, 9.17) is 15.6 Å². The molecule has 1 atom stereocenters. The Morgan fingerprint density at radius 1 is 1.36 bits per heavy atom. The van der Waals surface area contributed by atoms with Gasteiger partial charge in [0.1, 0.15) is 11.4 Å². The molecule has 0 spiro atoms. The fourth-order valence-corrected chi connectivity index (χ4v) is 1.87. The average molecular weight is 310 g/mol. The van der Waals surface area contributed by atoms with Crippen molar-refractivity contribution < 1.29 is 24.5 Å². The highest BCUT2D eigenvalue weighted by atomic mass is 16.6. The van der Waals surface area contributed by atoms with E-state index in [0.29, 0.717) is 5.56 Å². The molecule has 1 amide bonds. The average Bonchev–Trinajstić information content (AvgIpc) is 2.36. The van der Waals surface area contributed by atoms with Crippen LogP contribution in [0.1, 0.15) is 38.7 Å². The van der Waals surface area contributed by atoms with Gasteiger partial charge in [0.2, 0.25) is 0 Å². The standard InChI is InChI=1S/C15H22N2O5/c1-15(2,3)22-14(21)17-11-5-4-9(6-12(11)18)10(8-16)7-13(19)20/h4-6,10,18H,7-8,16H2,1-3H3,(H,17,21)(H,19,20). The normalized spacial score (nSPS) is 12.5. The fourth-order valence-electron chi connectivity index (χ4n) is 1.87. The van der Waals surface area contributed by atoms with Crippen molar-refractivity contribution in [3.63, 3.8) is 0 Å². The minimum atomic E-state index is -0.967. The number of aliphatic carboxylic acids is 1. The summed E-state index contributed by atoms with van der Waals surface area (Å²) in [6, 6.07) is 4.50. The van der Waals surface area contributed by atoms with Crippen molar-refractivity contribution >= 4 is 17.7 Å². The summed E-state index contributed by atoms with van der Waals surface area (Å²) in [4.78, 5) is 22.4. The van der Waals surface area contributed by atoms with Crippen molar-refractivity contribution in [3.8, 4) is 5.75 Å². The molecule has 0 aliphatic rings. The molecular weight excluding hydrogens is 288 g/mol. The van der Waals surface area contributed by atoms with E-state index in [2.05, 4.69) is 5.32 Å². The zero-order valence-corrected chi connectivity index (χ0v) is 12.9. The number of carbonyl (C=O) groups excluding carboxylic acids is 1.